The zero-order chi connectivity index (χ0) is 20.9. The van der Waals surface area contributed by atoms with Gasteiger partial charge in [0.1, 0.15) is 17.8 Å². The van der Waals surface area contributed by atoms with Crippen LogP contribution in [0.4, 0.5) is 5.69 Å². The number of carbonyl (C=O) groups is 2. The predicted molar refractivity (Wildman–Crippen MR) is 115 cm³/mol. The van der Waals surface area contributed by atoms with E-state index in [-0.39, 0.29) is 18.4 Å². The number of benzene rings is 3. The van der Waals surface area contributed by atoms with Gasteiger partial charge in [0, 0.05) is 23.3 Å². The van der Waals surface area contributed by atoms with Crippen LogP contribution in [0.2, 0.25) is 5.02 Å². The number of anilines is 1. The Hall–Kier alpha value is -3.31. The number of halogens is 1. The van der Waals surface area contributed by atoms with Crippen LogP contribution in [-0.4, -0.2) is 36.4 Å². The number of hydrogen-bond donors (Lipinski definition) is 0. The fourth-order valence-electron chi connectivity index (χ4n) is 4.47. The zero-order valence-corrected chi connectivity index (χ0v) is 17.0. The molecule has 0 aromatic heterocycles. The van der Waals surface area contributed by atoms with Crippen molar-refractivity contribution in [2.24, 2.45) is 0 Å². The summed E-state index contributed by atoms with van der Waals surface area (Å²) in [6, 6.07) is 24.4. The van der Waals surface area contributed by atoms with Crippen LogP contribution in [0.15, 0.2) is 78.9 Å². The van der Waals surface area contributed by atoms with Crippen LogP contribution in [0, 0.1) is 0 Å². The largest absolute Gasteiger partial charge is 0.477 e. The van der Waals surface area contributed by atoms with Crippen LogP contribution in [-0.2, 0) is 15.1 Å². The Morgan fingerprint density at radius 1 is 0.967 bits per heavy atom. The van der Waals surface area contributed by atoms with E-state index in [2.05, 4.69) is 0 Å². The third-order valence-corrected chi connectivity index (χ3v) is 6.14. The second kappa shape index (κ2) is 6.89. The molecule has 5 rings (SSSR count). The zero-order valence-electron chi connectivity index (χ0n) is 16.3. The summed E-state index contributed by atoms with van der Waals surface area (Å²) in [5.41, 5.74) is 1.40. The second-order valence-electron chi connectivity index (χ2n) is 7.48. The van der Waals surface area contributed by atoms with Crippen molar-refractivity contribution in [3.8, 4) is 5.75 Å². The summed E-state index contributed by atoms with van der Waals surface area (Å²) >= 11 is 6.40. The van der Waals surface area contributed by atoms with Gasteiger partial charge in [-0.2, -0.15) is 0 Å². The molecule has 3 aromatic rings. The van der Waals surface area contributed by atoms with E-state index < -0.39 is 11.6 Å². The van der Waals surface area contributed by atoms with Crippen LogP contribution >= 0.6 is 11.6 Å². The Morgan fingerprint density at radius 3 is 2.33 bits per heavy atom. The molecule has 2 amide bonds. The van der Waals surface area contributed by atoms with Crippen LogP contribution in [0.25, 0.3) is 0 Å². The van der Waals surface area contributed by atoms with E-state index in [1.165, 1.54) is 0 Å². The molecule has 0 bridgehead atoms. The van der Waals surface area contributed by atoms with Crippen molar-refractivity contribution in [3.05, 3.63) is 95.0 Å². The molecule has 0 aliphatic carbocycles. The van der Waals surface area contributed by atoms with Gasteiger partial charge in [0.2, 0.25) is 12.0 Å². The normalized spacial score (nSPS) is 22.7. The van der Waals surface area contributed by atoms with Crippen LogP contribution in [0.1, 0.15) is 11.1 Å². The average Bonchev–Trinajstić information content (AvgIpc) is 2.86. The quantitative estimate of drug-likeness (QED) is 0.607. The van der Waals surface area contributed by atoms with E-state index in [1.807, 2.05) is 72.8 Å². The highest BCUT2D eigenvalue weighted by atomic mass is 35.5. The minimum atomic E-state index is -0.963. The number of para-hydroxylation sites is 1. The van der Waals surface area contributed by atoms with Crippen molar-refractivity contribution < 1.29 is 14.3 Å². The van der Waals surface area contributed by atoms with Crippen molar-refractivity contribution >= 4 is 29.1 Å². The summed E-state index contributed by atoms with van der Waals surface area (Å²) in [7, 11) is 1.72. The molecule has 30 heavy (non-hydrogen) atoms. The predicted octanol–water partition coefficient (Wildman–Crippen LogP) is 3.85. The first-order valence-corrected chi connectivity index (χ1v) is 10.1. The summed E-state index contributed by atoms with van der Waals surface area (Å²) in [5.74, 6) is 0.207. The average molecular weight is 419 g/mol. The summed E-state index contributed by atoms with van der Waals surface area (Å²) < 4.78 is 6.25. The van der Waals surface area contributed by atoms with Crippen molar-refractivity contribution in [3.63, 3.8) is 0 Å². The Bertz CT molecular complexity index is 1140. The third kappa shape index (κ3) is 2.55. The van der Waals surface area contributed by atoms with Crippen molar-refractivity contribution in [1.82, 2.24) is 4.90 Å². The first-order valence-electron chi connectivity index (χ1n) is 9.69. The van der Waals surface area contributed by atoms with Crippen molar-refractivity contribution in [2.75, 3.05) is 18.5 Å². The molecule has 150 valence electrons. The van der Waals surface area contributed by atoms with Gasteiger partial charge >= 0.3 is 0 Å². The number of nitrogens with zero attached hydrogens (tertiary/aromatic N) is 2. The van der Waals surface area contributed by atoms with Gasteiger partial charge in [-0.25, -0.2) is 0 Å². The second-order valence-corrected chi connectivity index (χ2v) is 7.92. The fraction of sp³-hybridized carbons (Fsp3) is 0.167. The van der Waals surface area contributed by atoms with Crippen LogP contribution in [0.3, 0.4) is 0 Å². The van der Waals surface area contributed by atoms with Gasteiger partial charge in [-0.1, -0.05) is 60.1 Å². The van der Waals surface area contributed by atoms with Gasteiger partial charge in [-0.05, 0) is 35.9 Å². The highest BCUT2D eigenvalue weighted by molar-refractivity contribution is 6.30. The lowest BCUT2D eigenvalue weighted by Gasteiger charge is -2.56. The lowest BCUT2D eigenvalue weighted by Crippen LogP contribution is -2.74. The molecule has 1 saturated heterocycles. The number of rotatable bonds is 3. The topological polar surface area (TPSA) is 49.9 Å². The number of likely N-dealkylation sites (N-methyl/N-ethyl adjacent to an activating group) is 1. The molecule has 1 fully saturated rings. The maximum atomic E-state index is 13.3. The molecule has 0 N–H and O–H groups in total. The maximum Gasteiger partial charge on any atom is 0.268 e. The molecule has 6 heteroatoms. The summed E-state index contributed by atoms with van der Waals surface area (Å²) in [4.78, 5) is 29.4. The Labute approximate surface area is 179 Å². The molecular weight excluding hydrogens is 400 g/mol. The van der Waals surface area contributed by atoms with Crippen molar-refractivity contribution in [2.45, 2.75) is 11.6 Å². The highest BCUT2D eigenvalue weighted by Gasteiger charge is 2.66. The number of amides is 2. The minimum absolute atomic E-state index is 0.0365. The van der Waals surface area contributed by atoms with Gasteiger partial charge in [0.05, 0.1) is 0 Å². The van der Waals surface area contributed by atoms with E-state index in [1.54, 1.807) is 22.9 Å². The molecule has 3 aromatic carbocycles. The van der Waals surface area contributed by atoms with Crippen LogP contribution < -0.4 is 9.64 Å². The molecule has 5 nitrogen and oxygen atoms in total. The van der Waals surface area contributed by atoms with E-state index in [0.717, 1.165) is 11.1 Å². The molecule has 2 aliphatic heterocycles. The molecule has 2 unspecified atom stereocenters. The number of ether oxygens (including phenoxy) is 1. The molecule has 2 heterocycles. The van der Waals surface area contributed by atoms with Crippen molar-refractivity contribution in [1.29, 1.82) is 0 Å². The van der Waals surface area contributed by atoms with Gasteiger partial charge in [0.25, 0.3) is 5.91 Å². The standard InChI is InChI=1S/C24H19ClN2O3/c1-26-20-13-12-17(25)14-19(20)24(16-8-4-2-5-9-16)22(23(29)27(24)15-21(26)28)30-18-10-6-3-7-11-18/h2-14,22H,15H2,1H3. The fourth-order valence-corrected chi connectivity index (χ4v) is 4.64. The third-order valence-electron chi connectivity index (χ3n) is 5.90. The van der Waals surface area contributed by atoms with Gasteiger partial charge in [0.15, 0.2) is 0 Å². The SMILES string of the molecule is CN1C(=O)CN2C(=O)C(Oc3ccccc3)C2(c2ccccc2)c2cc(Cl)ccc21. The van der Waals surface area contributed by atoms with E-state index in [9.17, 15) is 9.59 Å². The summed E-state index contributed by atoms with van der Waals surface area (Å²) in [6.07, 6.45) is -0.821. The summed E-state index contributed by atoms with van der Waals surface area (Å²) in [5, 5.41) is 0.532. The lowest BCUT2D eigenvalue weighted by atomic mass is 9.69. The molecule has 0 spiro atoms. The smallest absolute Gasteiger partial charge is 0.268 e. The molecule has 2 atom stereocenters. The molecular formula is C24H19ClN2O3. The lowest BCUT2D eigenvalue weighted by molar-refractivity contribution is -0.177. The highest BCUT2D eigenvalue weighted by Crippen LogP contribution is 2.53. The maximum absolute atomic E-state index is 13.3. The first-order chi connectivity index (χ1) is 14.5. The number of carbonyl (C=O) groups excluding carboxylic acids is 2. The van der Waals surface area contributed by atoms with Gasteiger partial charge in [-0.3, -0.25) is 9.59 Å². The number of fused-ring (bicyclic) bond motifs is 3. The number of hydrogen-bond acceptors (Lipinski definition) is 3. The summed E-state index contributed by atoms with van der Waals surface area (Å²) in [6.45, 7) is -0.0365. The van der Waals surface area contributed by atoms with Gasteiger partial charge < -0.3 is 14.5 Å². The van der Waals surface area contributed by atoms with E-state index >= 15 is 0 Å². The Kier molecular flexibility index (Phi) is 4.29. The Balaban J connectivity index is 1.78. The van der Waals surface area contributed by atoms with Crippen LogP contribution in [0.5, 0.6) is 5.75 Å². The molecule has 2 aliphatic rings. The monoisotopic (exact) mass is 418 g/mol. The van der Waals surface area contributed by atoms with E-state index in [4.69, 9.17) is 16.3 Å². The minimum Gasteiger partial charge on any atom is -0.477 e. The molecule has 0 radical (unpaired) electrons. The first kappa shape index (κ1) is 18.7. The Morgan fingerprint density at radius 2 is 1.63 bits per heavy atom. The molecule has 0 saturated carbocycles. The number of β-lactam (4-membered cyclic amide) rings is 1. The van der Waals surface area contributed by atoms with Gasteiger partial charge in [-0.15, -0.1) is 0 Å². The van der Waals surface area contributed by atoms with E-state index in [0.29, 0.717) is 16.5 Å².